The van der Waals surface area contributed by atoms with Crippen molar-refractivity contribution < 1.29 is 9.90 Å². The van der Waals surface area contributed by atoms with Crippen molar-refractivity contribution in [3.63, 3.8) is 0 Å². The molecular weight excluding hydrogens is 346 g/mol. The lowest BCUT2D eigenvalue weighted by molar-refractivity contribution is -0.142. The average Bonchev–Trinajstić information content (AvgIpc) is 2.91. The quantitative estimate of drug-likeness (QED) is 0.805. The zero-order chi connectivity index (χ0) is 18.7. The molecule has 2 aliphatic carbocycles. The number of carboxylic acid groups (broad SMARTS) is 1. The van der Waals surface area contributed by atoms with Gasteiger partial charge in [0.05, 0.1) is 5.70 Å². The van der Waals surface area contributed by atoms with E-state index in [-0.39, 0.29) is 0 Å². The molecule has 0 spiro atoms. The Kier molecular flexibility index (Phi) is 5.70. The number of rotatable bonds is 4. The highest BCUT2D eigenvalue weighted by Crippen LogP contribution is 2.48. The lowest BCUT2D eigenvalue weighted by Crippen LogP contribution is -2.42. The van der Waals surface area contributed by atoms with E-state index >= 15 is 0 Å². The summed E-state index contributed by atoms with van der Waals surface area (Å²) in [7, 11) is 0. The number of allylic oxidation sites excluding steroid dienone is 5. The molecule has 5 nitrogen and oxygen atoms in total. The summed E-state index contributed by atoms with van der Waals surface area (Å²) in [6, 6.07) is 0. The van der Waals surface area contributed by atoms with Crippen LogP contribution in [0.2, 0.25) is 0 Å². The van der Waals surface area contributed by atoms with Gasteiger partial charge in [0.15, 0.2) is 5.16 Å². The zero-order valence-electron chi connectivity index (χ0n) is 15.6. The van der Waals surface area contributed by atoms with Gasteiger partial charge in [-0.3, -0.25) is 9.36 Å². The van der Waals surface area contributed by atoms with E-state index in [2.05, 4.69) is 35.9 Å². The Bertz CT molecular complexity index is 772. The van der Waals surface area contributed by atoms with Crippen LogP contribution in [-0.4, -0.2) is 30.6 Å². The van der Waals surface area contributed by atoms with Gasteiger partial charge in [-0.2, -0.15) is 0 Å². The van der Waals surface area contributed by atoms with Gasteiger partial charge in [-0.25, -0.2) is 0 Å². The molecule has 0 atom stereocenters. The minimum Gasteiger partial charge on any atom is -0.480 e. The Balaban J connectivity index is 1.99. The minimum atomic E-state index is -0.763. The molecular formula is C20H27N3O2S. The van der Waals surface area contributed by atoms with Gasteiger partial charge < -0.3 is 5.11 Å². The summed E-state index contributed by atoms with van der Waals surface area (Å²) >= 11 is 1.34. The van der Waals surface area contributed by atoms with Crippen LogP contribution in [0, 0.1) is 6.92 Å². The fourth-order valence-corrected chi connectivity index (χ4v) is 4.75. The molecule has 140 valence electrons. The number of hydrogen-bond acceptors (Lipinski definition) is 4. The Morgan fingerprint density at radius 1 is 1.15 bits per heavy atom. The van der Waals surface area contributed by atoms with Crippen molar-refractivity contribution in [2.45, 2.75) is 75.1 Å². The Labute approximate surface area is 159 Å². The molecule has 1 aromatic rings. The molecule has 1 N–H and O–H groups in total. The molecule has 1 aromatic heterocycles. The molecule has 0 aromatic carbocycles. The van der Waals surface area contributed by atoms with E-state index in [0.717, 1.165) is 42.8 Å². The third-order valence-electron chi connectivity index (χ3n) is 5.31. The van der Waals surface area contributed by atoms with Gasteiger partial charge in [0.1, 0.15) is 10.6 Å². The van der Waals surface area contributed by atoms with Crippen molar-refractivity contribution in [1.29, 1.82) is 0 Å². The van der Waals surface area contributed by atoms with Crippen LogP contribution < -0.4 is 0 Å². The second-order valence-electron chi connectivity index (χ2n) is 7.35. The van der Waals surface area contributed by atoms with Crippen molar-refractivity contribution in [2.75, 3.05) is 0 Å². The Morgan fingerprint density at radius 3 is 2.54 bits per heavy atom. The SMILES string of the molecule is C=C1CCCCC/C(C)=C\C=C1n1c(C)nnc1SC1(C(=O)O)CCC1. The molecule has 1 fully saturated rings. The van der Waals surface area contributed by atoms with Crippen LogP contribution in [-0.2, 0) is 4.79 Å². The summed E-state index contributed by atoms with van der Waals surface area (Å²) in [5, 5.41) is 18.9. The molecule has 0 amide bonds. The second-order valence-corrected chi connectivity index (χ2v) is 8.70. The third kappa shape index (κ3) is 3.80. The molecule has 1 saturated carbocycles. The molecule has 0 aliphatic heterocycles. The number of hydrogen-bond donors (Lipinski definition) is 1. The van der Waals surface area contributed by atoms with E-state index in [0.29, 0.717) is 18.0 Å². The normalized spacial score (nSPS) is 22.8. The van der Waals surface area contributed by atoms with Crippen LogP contribution >= 0.6 is 11.8 Å². The summed E-state index contributed by atoms with van der Waals surface area (Å²) in [5.74, 6) is 0.0123. The van der Waals surface area contributed by atoms with Crippen LogP contribution in [0.1, 0.15) is 64.1 Å². The topological polar surface area (TPSA) is 68.0 Å². The van der Waals surface area contributed by atoms with Crippen LogP contribution in [0.4, 0.5) is 0 Å². The number of aromatic nitrogens is 3. The van der Waals surface area contributed by atoms with E-state index < -0.39 is 10.7 Å². The van der Waals surface area contributed by atoms with E-state index in [1.165, 1.54) is 30.2 Å². The zero-order valence-corrected chi connectivity index (χ0v) is 16.4. The van der Waals surface area contributed by atoms with Crippen molar-refractivity contribution >= 4 is 23.4 Å². The highest BCUT2D eigenvalue weighted by Gasteiger charge is 2.47. The van der Waals surface area contributed by atoms with E-state index in [1.807, 2.05) is 11.5 Å². The molecule has 26 heavy (non-hydrogen) atoms. The smallest absolute Gasteiger partial charge is 0.320 e. The largest absolute Gasteiger partial charge is 0.480 e. The van der Waals surface area contributed by atoms with Gasteiger partial charge in [0.25, 0.3) is 0 Å². The maximum absolute atomic E-state index is 11.8. The molecule has 2 aliphatic rings. The monoisotopic (exact) mass is 373 g/mol. The summed E-state index contributed by atoms with van der Waals surface area (Å²) < 4.78 is 1.22. The summed E-state index contributed by atoms with van der Waals surface area (Å²) in [6.07, 6.45) is 12.1. The first-order valence-corrected chi connectivity index (χ1v) is 10.1. The minimum absolute atomic E-state index is 0.653. The highest BCUT2D eigenvalue weighted by molar-refractivity contribution is 8.01. The molecule has 0 radical (unpaired) electrons. The van der Waals surface area contributed by atoms with Crippen molar-refractivity contribution in [1.82, 2.24) is 14.8 Å². The first-order chi connectivity index (χ1) is 12.4. The van der Waals surface area contributed by atoms with Crippen LogP contribution in [0.5, 0.6) is 0 Å². The average molecular weight is 374 g/mol. The van der Waals surface area contributed by atoms with Gasteiger partial charge in [-0.05, 0) is 70.4 Å². The summed E-state index contributed by atoms with van der Waals surface area (Å²) in [5.41, 5.74) is 3.38. The van der Waals surface area contributed by atoms with Crippen LogP contribution in [0.25, 0.3) is 5.70 Å². The Hall–Kier alpha value is -1.82. The molecule has 0 bridgehead atoms. The second kappa shape index (κ2) is 7.82. The number of thioether (sulfide) groups is 1. The number of aryl methyl sites for hydroxylation is 1. The number of nitrogens with zero attached hydrogens (tertiary/aromatic N) is 3. The maximum atomic E-state index is 11.8. The number of carboxylic acids is 1. The number of carbonyl (C=O) groups is 1. The summed E-state index contributed by atoms with van der Waals surface area (Å²) in [6.45, 7) is 8.36. The van der Waals surface area contributed by atoms with E-state index in [1.54, 1.807) is 0 Å². The first kappa shape index (κ1) is 19.0. The molecule has 0 unspecified atom stereocenters. The lowest BCUT2D eigenvalue weighted by atomic mass is 9.84. The fourth-order valence-electron chi connectivity index (χ4n) is 3.42. The van der Waals surface area contributed by atoms with Crippen LogP contribution in [0.3, 0.4) is 0 Å². The van der Waals surface area contributed by atoms with Crippen molar-refractivity contribution in [2.24, 2.45) is 0 Å². The molecule has 6 heteroatoms. The molecule has 1 heterocycles. The fraction of sp³-hybridized carbons (Fsp3) is 0.550. The van der Waals surface area contributed by atoms with Crippen molar-refractivity contribution in [3.05, 3.63) is 35.7 Å². The van der Waals surface area contributed by atoms with Gasteiger partial charge in [0.2, 0.25) is 0 Å². The lowest BCUT2D eigenvalue weighted by Gasteiger charge is -2.36. The van der Waals surface area contributed by atoms with E-state index in [4.69, 9.17) is 0 Å². The summed E-state index contributed by atoms with van der Waals surface area (Å²) in [4.78, 5) is 11.8. The van der Waals surface area contributed by atoms with Gasteiger partial charge in [0, 0.05) is 0 Å². The predicted molar refractivity (Wildman–Crippen MR) is 105 cm³/mol. The van der Waals surface area contributed by atoms with Gasteiger partial charge >= 0.3 is 5.97 Å². The standard InChI is InChI=1S/C20H27N3O2S/c1-14-8-5-4-6-9-15(2)17(11-10-14)23-16(3)21-22-19(23)26-20(18(24)25)12-7-13-20/h10-11H,2,4-9,12-13H2,1,3H3,(H,24,25)/b14-10-,17-11?. The number of aliphatic carboxylic acids is 1. The van der Waals surface area contributed by atoms with E-state index in [9.17, 15) is 9.90 Å². The molecule has 3 rings (SSSR count). The van der Waals surface area contributed by atoms with Gasteiger partial charge in [-0.1, -0.05) is 36.4 Å². The maximum Gasteiger partial charge on any atom is 0.320 e. The predicted octanol–water partition coefficient (Wildman–Crippen LogP) is 4.99. The highest BCUT2D eigenvalue weighted by atomic mass is 32.2. The molecule has 0 saturated heterocycles. The third-order valence-corrected chi connectivity index (χ3v) is 6.73. The van der Waals surface area contributed by atoms with Gasteiger partial charge in [-0.15, -0.1) is 10.2 Å². The Morgan fingerprint density at radius 2 is 1.88 bits per heavy atom. The van der Waals surface area contributed by atoms with Crippen molar-refractivity contribution in [3.8, 4) is 0 Å². The van der Waals surface area contributed by atoms with Crippen LogP contribution in [0.15, 0.2) is 35.0 Å². The first-order valence-electron chi connectivity index (χ1n) is 9.33.